The summed E-state index contributed by atoms with van der Waals surface area (Å²) in [5.74, 6) is 0.511. The fourth-order valence-corrected chi connectivity index (χ4v) is 2.56. The number of nitrogens with zero attached hydrogens (tertiary/aromatic N) is 1. The zero-order valence-corrected chi connectivity index (χ0v) is 14.8. The Balaban J connectivity index is 1.85. The van der Waals surface area contributed by atoms with Gasteiger partial charge in [-0.1, -0.05) is 32.8 Å². The van der Waals surface area contributed by atoms with Crippen LogP contribution in [-0.2, 0) is 6.61 Å². The number of amides is 1. The molecule has 5 heteroatoms. The summed E-state index contributed by atoms with van der Waals surface area (Å²) in [6, 6.07) is 9.44. The van der Waals surface area contributed by atoms with Crippen molar-refractivity contribution in [2.75, 3.05) is 6.54 Å². The number of benzene rings is 1. The maximum Gasteiger partial charge on any atom is 0.252 e. The van der Waals surface area contributed by atoms with Crippen molar-refractivity contribution in [3.8, 4) is 5.75 Å². The van der Waals surface area contributed by atoms with E-state index in [4.69, 9.17) is 4.74 Å². The van der Waals surface area contributed by atoms with Crippen LogP contribution in [0.25, 0.3) is 0 Å². The van der Waals surface area contributed by atoms with Gasteiger partial charge in [0.25, 0.3) is 5.91 Å². The molecule has 1 heterocycles. The molecule has 0 saturated carbocycles. The molecule has 134 valence electrons. The van der Waals surface area contributed by atoms with Gasteiger partial charge in [-0.25, -0.2) is 4.39 Å². The van der Waals surface area contributed by atoms with Gasteiger partial charge in [0, 0.05) is 18.8 Å². The Hall–Kier alpha value is -2.43. The van der Waals surface area contributed by atoms with Crippen LogP contribution in [0.3, 0.4) is 0 Å². The molecule has 0 radical (unpaired) electrons. The van der Waals surface area contributed by atoms with Gasteiger partial charge in [0.2, 0.25) is 0 Å². The molecule has 2 aromatic rings. The summed E-state index contributed by atoms with van der Waals surface area (Å²) in [5.41, 5.74) is 1.21. The SMILES string of the molecule is CCCC(CC)CNC(=O)c1ccc(COc2cccc(F)c2)nc1. The first-order valence-corrected chi connectivity index (χ1v) is 8.73. The van der Waals surface area contributed by atoms with E-state index in [-0.39, 0.29) is 18.3 Å². The van der Waals surface area contributed by atoms with Crippen molar-refractivity contribution in [2.45, 2.75) is 39.7 Å². The molecule has 1 atom stereocenters. The van der Waals surface area contributed by atoms with Crippen LogP contribution in [0.2, 0.25) is 0 Å². The quantitative estimate of drug-likeness (QED) is 0.735. The van der Waals surface area contributed by atoms with Crippen LogP contribution in [-0.4, -0.2) is 17.4 Å². The summed E-state index contributed by atoms with van der Waals surface area (Å²) in [4.78, 5) is 16.4. The largest absolute Gasteiger partial charge is 0.487 e. The minimum atomic E-state index is -0.342. The molecule has 1 amide bonds. The number of hydrogen-bond acceptors (Lipinski definition) is 3. The minimum absolute atomic E-state index is 0.111. The van der Waals surface area contributed by atoms with Crippen LogP contribution in [0, 0.1) is 11.7 Å². The monoisotopic (exact) mass is 344 g/mol. The van der Waals surface area contributed by atoms with Crippen molar-refractivity contribution in [2.24, 2.45) is 5.92 Å². The van der Waals surface area contributed by atoms with Crippen molar-refractivity contribution in [1.82, 2.24) is 10.3 Å². The molecule has 0 aliphatic heterocycles. The molecule has 1 unspecified atom stereocenters. The second-order valence-electron chi connectivity index (χ2n) is 6.06. The number of aromatic nitrogens is 1. The van der Waals surface area contributed by atoms with Crippen molar-refractivity contribution in [3.05, 3.63) is 59.7 Å². The fourth-order valence-electron chi connectivity index (χ4n) is 2.56. The highest BCUT2D eigenvalue weighted by atomic mass is 19.1. The molecule has 1 aromatic heterocycles. The Morgan fingerprint density at radius 3 is 2.76 bits per heavy atom. The van der Waals surface area contributed by atoms with Gasteiger partial charge in [-0.05, 0) is 36.6 Å². The average molecular weight is 344 g/mol. The van der Waals surface area contributed by atoms with Crippen molar-refractivity contribution in [3.63, 3.8) is 0 Å². The predicted molar refractivity (Wildman–Crippen MR) is 96.0 cm³/mol. The van der Waals surface area contributed by atoms with E-state index in [0.29, 0.717) is 29.5 Å². The highest BCUT2D eigenvalue weighted by Crippen LogP contribution is 2.14. The van der Waals surface area contributed by atoms with Gasteiger partial charge < -0.3 is 10.1 Å². The van der Waals surface area contributed by atoms with Crippen LogP contribution in [0.15, 0.2) is 42.6 Å². The third kappa shape index (κ3) is 6.18. The Labute approximate surface area is 148 Å². The fraction of sp³-hybridized carbons (Fsp3) is 0.400. The second kappa shape index (κ2) is 9.77. The molecule has 4 nitrogen and oxygen atoms in total. The number of pyridine rings is 1. The number of nitrogens with one attached hydrogen (secondary N) is 1. The Morgan fingerprint density at radius 1 is 1.28 bits per heavy atom. The zero-order chi connectivity index (χ0) is 18.1. The first kappa shape index (κ1) is 18.9. The molecule has 1 N–H and O–H groups in total. The highest BCUT2D eigenvalue weighted by molar-refractivity contribution is 5.93. The van der Waals surface area contributed by atoms with Crippen LogP contribution >= 0.6 is 0 Å². The third-order valence-corrected chi connectivity index (χ3v) is 4.10. The molecule has 0 spiro atoms. The summed E-state index contributed by atoms with van der Waals surface area (Å²) >= 11 is 0. The molecular formula is C20H25FN2O2. The van der Waals surface area contributed by atoms with E-state index in [1.807, 2.05) is 0 Å². The molecule has 2 rings (SSSR count). The molecule has 0 aliphatic carbocycles. The van der Waals surface area contributed by atoms with E-state index in [2.05, 4.69) is 24.1 Å². The predicted octanol–water partition coefficient (Wildman–Crippen LogP) is 4.36. The number of rotatable bonds is 9. The molecule has 25 heavy (non-hydrogen) atoms. The normalized spacial score (nSPS) is 11.8. The number of carbonyl (C=O) groups excluding carboxylic acids is 1. The molecule has 0 aliphatic rings. The number of halogens is 1. The lowest BCUT2D eigenvalue weighted by molar-refractivity contribution is 0.0945. The second-order valence-corrected chi connectivity index (χ2v) is 6.06. The lowest BCUT2D eigenvalue weighted by Crippen LogP contribution is -2.29. The van der Waals surface area contributed by atoms with Crippen molar-refractivity contribution < 1.29 is 13.9 Å². The lowest BCUT2D eigenvalue weighted by Gasteiger charge is -2.14. The number of hydrogen-bond donors (Lipinski definition) is 1. The van der Waals surface area contributed by atoms with E-state index in [1.54, 1.807) is 30.5 Å². The maximum absolute atomic E-state index is 13.1. The summed E-state index contributed by atoms with van der Waals surface area (Å²) < 4.78 is 18.6. The van der Waals surface area contributed by atoms with Crippen molar-refractivity contribution >= 4 is 5.91 Å². The van der Waals surface area contributed by atoms with E-state index < -0.39 is 0 Å². The topological polar surface area (TPSA) is 51.2 Å². The maximum atomic E-state index is 13.1. The van der Waals surface area contributed by atoms with Gasteiger partial charge in [0.1, 0.15) is 18.2 Å². The van der Waals surface area contributed by atoms with E-state index in [9.17, 15) is 9.18 Å². The summed E-state index contributed by atoms with van der Waals surface area (Å²) in [5, 5.41) is 2.97. The van der Waals surface area contributed by atoms with Gasteiger partial charge in [-0.2, -0.15) is 0 Å². The standard InChI is InChI=1S/C20H25FN2O2/c1-3-6-15(4-2)12-23-20(24)16-9-10-18(22-13-16)14-25-19-8-5-7-17(21)11-19/h5,7-11,13,15H,3-4,6,12,14H2,1-2H3,(H,23,24). The molecule has 0 saturated heterocycles. The van der Waals surface area contributed by atoms with Gasteiger partial charge in [-0.15, -0.1) is 0 Å². The smallest absolute Gasteiger partial charge is 0.252 e. The van der Waals surface area contributed by atoms with E-state index in [0.717, 1.165) is 19.3 Å². The first-order chi connectivity index (χ1) is 12.1. The zero-order valence-electron chi connectivity index (χ0n) is 14.8. The van der Waals surface area contributed by atoms with Gasteiger partial charge in [-0.3, -0.25) is 9.78 Å². The average Bonchev–Trinajstić information content (AvgIpc) is 2.63. The van der Waals surface area contributed by atoms with Crippen LogP contribution in [0.4, 0.5) is 4.39 Å². The number of carbonyl (C=O) groups is 1. The Bertz CT molecular complexity index is 674. The van der Waals surface area contributed by atoms with Gasteiger partial charge in [0.05, 0.1) is 11.3 Å². The lowest BCUT2D eigenvalue weighted by atomic mass is 10.0. The Morgan fingerprint density at radius 2 is 2.12 bits per heavy atom. The summed E-state index contributed by atoms with van der Waals surface area (Å²) in [6.45, 7) is 5.20. The molecular weight excluding hydrogens is 319 g/mol. The van der Waals surface area contributed by atoms with Gasteiger partial charge >= 0.3 is 0 Å². The van der Waals surface area contributed by atoms with Crippen LogP contribution in [0.5, 0.6) is 5.75 Å². The van der Waals surface area contributed by atoms with Crippen molar-refractivity contribution in [1.29, 1.82) is 0 Å². The van der Waals surface area contributed by atoms with Crippen LogP contribution in [0.1, 0.15) is 49.2 Å². The van der Waals surface area contributed by atoms with Crippen LogP contribution < -0.4 is 10.1 Å². The Kier molecular flexibility index (Phi) is 7.38. The number of ether oxygens (including phenoxy) is 1. The first-order valence-electron chi connectivity index (χ1n) is 8.73. The summed E-state index contributed by atoms with van der Waals surface area (Å²) in [6.07, 6.45) is 4.84. The third-order valence-electron chi connectivity index (χ3n) is 4.10. The van der Waals surface area contributed by atoms with Gasteiger partial charge in [0.15, 0.2) is 0 Å². The van der Waals surface area contributed by atoms with E-state index >= 15 is 0 Å². The minimum Gasteiger partial charge on any atom is -0.487 e. The summed E-state index contributed by atoms with van der Waals surface area (Å²) in [7, 11) is 0. The highest BCUT2D eigenvalue weighted by Gasteiger charge is 2.10. The van der Waals surface area contributed by atoms with E-state index in [1.165, 1.54) is 12.1 Å². The molecule has 0 bridgehead atoms. The molecule has 1 aromatic carbocycles. The molecule has 0 fully saturated rings.